The number of nitrogens with one attached hydrogen (secondary N) is 3. The third-order valence-electron chi connectivity index (χ3n) is 5.64. The maximum absolute atomic E-state index is 13.2. The summed E-state index contributed by atoms with van der Waals surface area (Å²) in [4.78, 5) is 62.1. The van der Waals surface area contributed by atoms with Gasteiger partial charge < -0.3 is 25.8 Å². The first-order valence-electron chi connectivity index (χ1n) is 10.8. The Morgan fingerprint density at radius 3 is 2.64 bits per heavy atom. The maximum Gasteiger partial charge on any atom is 0.321 e. The summed E-state index contributed by atoms with van der Waals surface area (Å²) in [7, 11) is 0. The Labute approximate surface area is 190 Å². The number of para-hydroxylation sites is 1. The number of benzene rings is 1. The van der Waals surface area contributed by atoms with Gasteiger partial charge in [-0.25, -0.2) is 9.78 Å². The first kappa shape index (κ1) is 22.2. The van der Waals surface area contributed by atoms with Crippen LogP contribution in [0.2, 0.25) is 0 Å². The Bertz CT molecular complexity index is 1020. The zero-order valence-corrected chi connectivity index (χ0v) is 17.9. The molecule has 0 aliphatic carbocycles. The summed E-state index contributed by atoms with van der Waals surface area (Å²) in [6, 6.07) is 6.94. The molecule has 3 N–H and O–H groups in total. The van der Waals surface area contributed by atoms with E-state index in [1.165, 1.54) is 28.4 Å². The van der Waals surface area contributed by atoms with Gasteiger partial charge in [-0.15, -0.1) is 0 Å². The molecule has 1 aromatic heterocycles. The highest BCUT2D eigenvalue weighted by molar-refractivity contribution is 5.98. The number of amides is 5. The highest BCUT2D eigenvalue weighted by Crippen LogP contribution is 2.16. The lowest BCUT2D eigenvalue weighted by atomic mass is 10.0. The first-order chi connectivity index (χ1) is 16.0. The van der Waals surface area contributed by atoms with E-state index in [-0.39, 0.29) is 37.3 Å². The number of nitrogens with zero attached hydrogens (tertiary/aromatic N) is 4. The molecule has 11 heteroatoms. The molecule has 1 aromatic carbocycles. The van der Waals surface area contributed by atoms with Gasteiger partial charge in [0.25, 0.3) is 5.91 Å². The number of rotatable bonds is 4. The second-order valence-electron chi connectivity index (χ2n) is 7.84. The lowest BCUT2D eigenvalue weighted by Gasteiger charge is -2.40. The number of carbonyl (C=O) groups is 4. The van der Waals surface area contributed by atoms with E-state index in [0.29, 0.717) is 18.7 Å². The summed E-state index contributed by atoms with van der Waals surface area (Å²) in [6.07, 6.45) is 5.45. The number of piperidine rings is 1. The van der Waals surface area contributed by atoms with Crippen molar-refractivity contribution in [1.82, 2.24) is 30.4 Å². The molecule has 0 unspecified atom stereocenters. The van der Waals surface area contributed by atoms with Gasteiger partial charge in [-0.2, -0.15) is 0 Å². The van der Waals surface area contributed by atoms with E-state index in [4.69, 9.17) is 0 Å². The largest absolute Gasteiger partial charge is 0.354 e. The van der Waals surface area contributed by atoms with Gasteiger partial charge in [0, 0.05) is 37.7 Å². The number of urea groups is 1. The standard InChI is InChI=1S/C22H25N7O4/c30-19-16(7-4-8-25-19)27-20(31)18-14-28(22(33)26-15-5-2-1-3-6-15)11-12-29(18)21(32)17-13-23-9-10-24-17/h1-3,5-6,9-10,13,16,18H,4,7-8,11-12,14H2,(H,25,30)(H,26,33)(H,27,31)/t16-,18-/m0/s1. The summed E-state index contributed by atoms with van der Waals surface area (Å²) in [6.45, 7) is 0.912. The molecule has 0 spiro atoms. The van der Waals surface area contributed by atoms with Crippen LogP contribution >= 0.6 is 0 Å². The van der Waals surface area contributed by atoms with Crippen LogP contribution in [0.15, 0.2) is 48.9 Å². The third-order valence-corrected chi connectivity index (χ3v) is 5.64. The van der Waals surface area contributed by atoms with Crippen molar-refractivity contribution in [2.24, 2.45) is 0 Å². The second-order valence-corrected chi connectivity index (χ2v) is 7.84. The van der Waals surface area contributed by atoms with Crippen molar-refractivity contribution in [2.45, 2.75) is 24.9 Å². The molecule has 172 valence electrons. The Morgan fingerprint density at radius 2 is 1.91 bits per heavy atom. The van der Waals surface area contributed by atoms with Gasteiger partial charge in [0.1, 0.15) is 17.8 Å². The van der Waals surface area contributed by atoms with E-state index in [0.717, 1.165) is 6.42 Å². The zero-order valence-electron chi connectivity index (χ0n) is 17.9. The summed E-state index contributed by atoms with van der Waals surface area (Å²) < 4.78 is 0. The summed E-state index contributed by atoms with van der Waals surface area (Å²) in [5.41, 5.74) is 0.730. The molecule has 0 bridgehead atoms. The van der Waals surface area contributed by atoms with Crippen molar-refractivity contribution in [3.63, 3.8) is 0 Å². The number of hydrogen-bond acceptors (Lipinski definition) is 6. The molecular weight excluding hydrogens is 426 g/mol. The van der Waals surface area contributed by atoms with Gasteiger partial charge in [-0.05, 0) is 25.0 Å². The van der Waals surface area contributed by atoms with Crippen molar-refractivity contribution in [3.05, 3.63) is 54.6 Å². The first-order valence-corrected chi connectivity index (χ1v) is 10.8. The molecule has 2 aliphatic heterocycles. The van der Waals surface area contributed by atoms with Gasteiger partial charge in [0.15, 0.2) is 0 Å². The van der Waals surface area contributed by atoms with E-state index in [2.05, 4.69) is 25.9 Å². The average molecular weight is 451 g/mol. The molecule has 11 nitrogen and oxygen atoms in total. The topological polar surface area (TPSA) is 137 Å². The van der Waals surface area contributed by atoms with Crippen LogP contribution < -0.4 is 16.0 Å². The number of carbonyl (C=O) groups excluding carboxylic acids is 4. The predicted molar refractivity (Wildman–Crippen MR) is 118 cm³/mol. The summed E-state index contributed by atoms with van der Waals surface area (Å²) >= 11 is 0. The van der Waals surface area contributed by atoms with E-state index >= 15 is 0 Å². The van der Waals surface area contributed by atoms with Crippen molar-refractivity contribution < 1.29 is 19.2 Å². The molecular formula is C22H25N7O4. The molecule has 2 aliphatic rings. The molecule has 2 aromatic rings. The van der Waals surface area contributed by atoms with Crippen LogP contribution in [0.1, 0.15) is 23.3 Å². The van der Waals surface area contributed by atoms with Crippen molar-refractivity contribution in [3.8, 4) is 0 Å². The molecule has 0 saturated carbocycles. The van der Waals surface area contributed by atoms with E-state index in [1.54, 1.807) is 24.3 Å². The lowest BCUT2D eigenvalue weighted by Crippen LogP contribution is -2.64. The highest BCUT2D eigenvalue weighted by atomic mass is 16.2. The van der Waals surface area contributed by atoms with Crippen molar-refractivity contribution >= 4 is 29.4 Å². The molecule has 4 rings (SSSR count). The Kier molecular flexibility index (Phi) is 6.77. The predicted octanol–water partition coefficient (Wildman–Crippen LogP) is 0.230. The van der Waals surface area contributed by atoms with Crippen LogP contribution in [-0.2, 0) is 9.59 Å². The Hall–Kier alpha value is -4.02. The minimum atomic E-state index is -0.982. The van der Waals surface area contributed by atoms with Crippen LogP contribution in [0.4, 0.5) is 10.5 Å². The fourth-order valence-electron chi connectivity index (χ4n) is 3.89. The van der Waals surface area contributed by atoms with Crippen LogP contribution in [0.25, 0.3) is 0 Å². The monoisotopic (exact) mass is 451 g/mol. The number of aromatic nitrogens is 2. The quantitative estimate of drug-likeness (QED) is 0.609. The smallest absolute Gasteiger partial charge is 0.321 e. The van der Waals surface area contributed by atoms with E-state index in [1.807, 2.05) is 6.07 Å². The molecule has 0 radical (unpaired) electrons. The Balaban J connectivity index is 1.51. The zero-order chi connectivity index (χ0) is 23.2. The van der Waals surface area contributed by atoms with Gasteiger partial charge in [0.2, 0.25) is 11.8 Å². The van der Waals surface area contributed by atoms with E-state index in [9.17, 15) is 19.2 Å². The van der Waals surface area contributed by atoms with Gasteiger partial charge in [0.05, 0.1) is 12.7 Å². The minimum Gasteiger partial charge on any atom is -0.354 e. The molecule has 3 heterocycles. The van der Waals surface area contributed by atoms with Crippen LogP contribution in [-0.4, -0.2) is 81.8 Å². The summed E-state index contributed by atoms with van der Waals surface area (Å²) in [5.74, 6) is -1.21. The van der Waals surface area contributed by atoms with Gasteiger partial charge in [-0.3, -0.25) is 19.4 Å². The molecule has 2 atom stereocenters. The van der Waals surface area contributed by atoms with Gasteiger partial charge in [-0.1, -0.05) is 18.2 Å². The number of hydrogen-bond donors (Lipinski definition) is 3. The second kappa shape index (κ2) is 10.1. The maximum atomic E-state index is 13.2. The number of anilines is 1. The molecule has 33 heavy (non-hydrogen) atoms. The Morgan fingerprint density at radius 1 is 1.09 bits per heavy atom. The van der Waals surface area contributed by atoms with Crippen LogP contribution in [0.3, 0.4) is 0 Å². The SMILES string of the molecule is O=C1NCCC[C@@H]1NC(=O)[C@@H]1CN(C(=O)Nc2ccccc2)CCN1C(=O)c1cnccn1. The normalized spacial score (nSPS) is 20.5. The fraction of sp³-hybridized carbons (Fsp3) is 0.364. The molecule has 2 fully saturated rings. The summed E-state index contributed by atoms with van der Waals surface area (Å²) in [5, 5.41) is 8.27. The minimum absolute atomic E-state index is 0.0230. The highest BCUT2D eigenvalue weighted by Gasteiger charge is 2.39. The van der Waals surface area contributed by atoms with Crippen LogP contribution in [0.5, 0.6) is 0 Å². The molecule has 2 saturated heterocycles. The van der Waals surface area contributed by atoms with Crippen molar-refractivity contribution in [1.29, 1.82) is 0 Å². The lowest BCUT2D eigenvalue weighted by molar-refractivity contribution is -0.133. The van der Waals surface area contributed by atoms with Gasteiger partial charge >= 0.3 is 6.03 Å². The molecule has 5 amide bonds. The van der Waals surface area contributed by atoms with E-state index < -0.39 is 23.9 Å². The number of piperazine rings is 1. The van der Waals surface area contributed by atoms with Crippen LogP contribution in [0, 0.1) is 0 Å². The van der Waals surface area contributed by atoms with Crippen molar-refractivity contribution in [2.75, 3.05) is 31.5 Å². The third kappa shape index (κ3) is 5.25. The average Bonchev–Trinajstić information content (AvgIpc) is 2.85. The fourth-order valence-corrected chi connectivity index (χ4v) is 3.89.